The molecule has 0 aliphatic heterocycles. The summed E-state index contributed by atoms with van der Waals surface area (Å²) in [6.45, 7) is 0. The standard InChI is InChI=1S/C10H15N3O2S/c1-13(2)16(14,15)9-4-3-7-11-10(9)12-8-5-6-8/h3-4,7-8H,5-6H2,1-2H3,(H,11,12). The van der Waals surface area contributed by atoms with Crippen LogP contribution in [0.15, 0.2) is 23.2 Å². The van der Waals surface area contributed by atoms with Gasteiger partial charge in [0.1, 0.15) is 10.7 Å². The fourth-order valence-electron chi connectivity index (χ4n) is 1.32. The number of aromatic nitrogens is 1. The second kappa shape index (κ2) is 4.03. The third kappa shape index (κ3) is 2.17. The van der Waals surface area contributed by atoms with Crippen LogP contribution >= 0.6 is 0 Å². The predicted octanol–water partition coefficient (Wildman–Crippen LogP) is 0.906. The summed E-state index contributed by atoms with van der Waals surface area (Å²) in [5.41, 5.74) is 0. The van der Waals surface area contributed by atoms with Gasteiger partial charge in [-0.15, -0.1) is 0 Å². The van der Waals surface area contributed by atoms with E-state index in [1.165, 1.54) is 18.4 Å². The highest BCUT2D eigenvalue weighted by Gasteiger charge is 2.27. The Labute approximate surface area is 95.5 Å². The molecule has 1 heterocycles. The largest absolute Gasteiger partial charge is 0.366 e. The Balaban J connectivity index is 2.39. The first-order valence-corrected chi connectivity index (χ1v) is 6.60. The van der Waals surface area contributed by atoms with E-state index in [1.807, 2.05) is 0 Å². The Morgan fingerprint density at radius 3 is 2.69 bits per heavy atom. The van der Waals surface area contributed by atoms with Crippen molar-refractivity contribution in [3.63, 3.8) is 0 Å². The molecule has 1 aliphatic rings. The van der Waals surface area contributed by atoms with Crippen LogP contribution in [0, 0.1) is 0 Å². The number of rotatable bonds is 4. The van der Waals surface area contributed by atoms with E-state index < -0.39 is 10.0 Å². The lowest BCUT2D eigenvalue weighted by Crippen LogP contribution is -2.24. The van der Waals surface area contributed by atoms with Crippen LogP contribution in [-0.2, 0) is 10.0 Å². The van der Waals surface area contributed by atoms with E-state index in [2.05, 4.69) is 10.3 Å². The number of nitrogens with one attached hydrogen (secondary N) is 1. The minimum absolute atomic E-state index is 0.243. The molecule has 0 spiro atoms. The Kier molecular flexibility index (Phi) is 2.86. The van der Waals surface area contributed by atoms with Crippen LogP contribution in [0.4, 0.5) is 5.82 Å². The summed E-state index contributed by atoms with van der Waals surface area (Å²) >= 11 is 0. The fourth-order valence-corrected chi connectivity index (χ4v) is 2.32. The van der Waals surface area contributed by atoms with Crippen molar-refractivity contribution in [3.8, 4) is 0 Å². The van der Waals surface area contributed by atoms with Gasteiger partial charge in [-0.25, -0.2) is 17.7 Å². The zero-order chi connectivity index (χ0) is 11.8. The maximum absolute atomic E-state index is 12.0. The van der Waals surface area contributed by atoms with Crippen molar-refractivity contribution >= 4 is 15.8 Å². The van der Waals surface area contributed by atoms with Crippen molar-refractivity contribution in [1.82, 2.24) is 9.29 Å². The Morgan fingerprint density at radius 2 is 2.12 bits per heavy atom. The van der Waals surface area contributed by atoms with Crippen LogP contribution in [0.3, 0.4) is 0 Å². The molecular weight excluding hydrogens is 226 g/mol. The Bertz CT molecular complexity index is 481. The van der Waals surface area contributed by atoms with Crippen LogP contribution in [0.2, 0.25) is 0 Å². The van der Waals surface area contributed by atoms with Crippen molar-refractivity contribution in [2.24, 2.45) is 0 Å². The molecule has 0 atom stereocenters. The molecule has 1 N–H and O–H groups in total. The van der Waals surface area contributed by atoms with Crippen LogP contribution < -0.4 is 5.32 Å². The van der Waals surface area contributed by atoms with Crippen molar-refractivity contribution in [2.45, 2.75) is 23.8 Å². The molecular formula is C10H15N3O2S. The number of anilines is 1. The molecule has 1 aromatic heterocycles. The van der Waals surface area contributed by atoms with Gasteiger partial charge >= 0.3 is 0 Å². The third-order valence-corrected chi connectivity index (χ3v) is 4.29. The highest BCUT2D eigenvalue weighted by Crippen LogP contribution is 2.28. The van der Waals surface area contributed by atoms with Gasteiger partial charge in [0.05, 0.1) is 0 Å². The zero-order valence-corrected chi connectivity index (χ0v) is 10.2. The fraction of sp³-hybridized carbons (Fsp3) is 0.500. The number of hydrogen-bond donors (Lipinski definition) is 1. The Hall–Kier alpha value is -1.14. The summed E-state index contributed by atoms with van der Waals surface area (Å²) in [5, 5.41) is 3.13. The lowest BCUT2D eigenvalue weighted by atomic mass is 10.4. The quantitative estimate of drug-likeness (QED) is 0.851. The van der Waals surface area contributed by atoms with Gasteiger partial charge < -0.3 is 5.32 Å². The molecule has 0 unspecified atom stereocenters. The van der Waals surface area contributed by atoms with Gasteiger partial charge in [-0.3, -0.25) is 0 Å². The van der Waals surface area contributed by atoms with Crippen LogP contribution in [0.5, 0.6) is 0 Å². The van der Waals surface area contributed by atoms with Gasteiger partial charge in [-0.2, -0.15) is 0 Å². The van der Waals surface area contributed by atoms with E-state index >= 15 is 0 Å². The van der Waals surface area contributed by atoms with Gasteiger partial charge in [0, 0.05) is 26.3 Å². The van der Waals surface area contributed by atoms with E-state index in [0.29, 0.717) is 11.9 Å². The average Bonchev–Trinajstić information content (AvgIpc) is 3.02. The highest BCUT2D eigenvalue weighted by atomic mass is 32.2. The van der Waals surface area contributed by atoms with Gasteiger partial charge in [0.15, 0.2) is 0 Å². The van der Waals surface area contributed by atoms with Crippen molar-refractivity contribution in [2.75, 3.05) is 19.4 Å². The maximum atomic E-state index is 12.0. The van der Waals surface area contributed by atoms with Crippen LogP contribution in [-0.4, -0.2) is 37.8 Å². The molecule has 0 bridgehead atoms. The summed E-state index contributed by atoms with van der Waals surface area (Å²) in [4.78, 5) is 4.33. The van der Waals surface area contributed by atoms with Crippen LogP contribution in [0.25, 0.3) is 0 Å². The predicted molar refractivity (Wildman–Crippen MR) is 61.8 cm³/mol. The summed E-state index contributed by atoms with van der Waals surface area (Å²) in [7, 11) is -0.383. The second-order valence-electron chi connectivity index (χ2n) is 4.06. The molecule has 1 aliphatic carbocycles. The first-order chi connectivity index (χ1) is 7.51. The zero-order valence-electron chi connectivity index (χ0n) is 9.34. The first kappa shape index (κ1) is 11.3. The molecule has 16 heavy (non-hydrogen) atoms. The van der Waals surface area contributed by atoms with Gasteiger partial charge in [0.25, 0.3) is 0 Å². The lowest BCUT2D eigenvalue weighted by molar-refractivity contribution is 0.520. The summed E-state index contributed by atoms with van der Waals surface area (Å²) in [5.74, 6) is 0.457. The Morgan fingerprint density at radius 1 is 1.44 bits per heavy atom. The van der Waals surface area contributed by atoms with Gasteiger partial charge in [0.2, 0.25) is 10.0 Å². The molecule has 0 saturated heterocycles. The van der Waals surface area contributed by atoms with Gasteiger partial charge in [-0.05, 0) is 25.0 Å². The number of nitrogens with zero attached hydrogens (tertiary/aromatic N) is 2. The smallest absolute Gasteiger partial charge is 0.246 e. The molecule has 1 aromatic rings. The maximum Gasteiger partial charge on any atom is 0.246 e. The van der Waals surface area contributed by atoms with E-state index in [1.54, 1.807) is 18.3 Å². The second-order valence-corrected chi connectivity index (χ2v) is 6.18. The minimum atomic E-state index is -3.42. The van der Waals surface area contributed by atoms with Gasteiger partial charge in [-0.1, -0.05) is 0 Å². The third-order valence-electron chi connectivity index (χ3n) is 2.45. The monoisotopic (exact) mass is 241 g/mol. The van der Waals surface area contributed by atoms with E-state index in [4.69, 9.17) is 0 Å². The molecule has 6 heteroatoms. The topological polar surface area (TPSA) is 62.3 Å². The molecule has 5 nitrogen and oxygen atoms in total. The highest BCUT2D eigenvalue weighted by molar-refractivity contribution is 7.89. The van der Waals surface area contributed by atoms with Crippen molar-refractivity contribution in [1.29, 1.82) is 0 Å². The number of sulfonamides is 1. The number of hydrogen-bond acceptors (Lipinski definition) is 4. The summed E-state index contributed by atoms with van der Waals surface area (Å²) in [6.07, 6.45) is 3.76. The van der Waals surface area contributed by atoms with Crippen molar-refractivity contribution < 1.29 is 8.42 Å². The molecule has 0 radical (unpaired) electrons. The molecule has 1 fully saturated rings. The molecule has 0 amide bonds. The van der Waals surface area contributed by atoms with E-state index in [0.717, 1.165) is 12.8 Å². The molecule has 88 valence electrons. The molecule has 0 aromatic carbocycles. The summed E-state index contributed by atoms with van der Waals surface area (Å²) in [6, 6.07) is 3.59. The van der Waals surface area contributed by atoms with Crippen molar-refractivity contribution in [3.05, 3.63) is 18.3 Å². The molecule has 1 saturated carbocycles. The lowest BCUT2D eigenvalue weighted by Gasteiger charge is -2.14. The minimum Gasteiger partial charge on any atom is -0.366 e. The van der Waals surface area contributed by atoms with E-state index in [-0.39, 0.29) is 4.90 Å². The van der Waals surface area contributed by atoms with E-state index in [9.17, 15) is 8.42 Å². The number of pyridine rings is 1. The average molecular weight is 241 g/mol. The normalized spacial score (nSPS) is 16.4. The molecule has 2 rings (SSSR count). The summed E-state index contributed by atoms with van der Waals surface area (Å²) < 4.78 is 25.2. The van der Waals surface area contributed by atoms with Crippen LogP contribution in [0.1, 0.15) is 12.8 Å². The SMILES string of the molecule is CN(C)S(=O)(=O)c1cccnc1NC1CC1. The first-order valence-electron chi connectivity index (χ1n) is 5.16.